The Kier molecular flexibility index (Phi) is 3.95. The molecule has 0 aromatic heterocycles. The summed E-state index contributed by atoms with van der Waals surface area (Å²) in [5.74, 6) is 1.90. The van der Waals surface area contributed by atoms with Crippen LogP contribution >= 0.6 is 0 Å². The lowest BCUT2D eigenvalue weighted by molar-refractivity contribution is -0.0970. The van der Waals surface area contributed by atoms with E-state index in [1.807, 2.05) is 0 Å². The SMILES string of the molecule is c1ccc(NCC23CC4CC(C2)CC(CNc2ccccc2)(C4)C3)cc1. The summed E-state index contributed by atoms with van der Waals surface area (Å²) in [4.78, 5) is 0. The lowest BCUT2D eigenvalue weighted by Crippen LogP contribution is -2.56. The van der Waals surface area contributed by atoms with E-state index in [1.54, 1.807) is 0 Å². The maximum Gasteiger partial charge on any atom is 0.0340 e. The first-order valence-electron chi connectivity index (χ1n) is 10.3. The molecular formula is C24H30N2. The summed E-state index contributed by atoms with van der Waals surface area (Å²) >= 11 is 0. The van der Waals surface area contributed by atoms with E-state index >= 15 is 0 Å². The Bertz CT molecular complexity index is 664. The van der Waals surface area contributed by atoms with Crippen molar-refractivity contribution in [2.24, 2.45) is 22.7 Å². The van der Waals surface area contributed by atoms with Gasteiger partial charge in [-0.2, -0.15) is 0 Å². The summed E-state index contributed by atoms with van der Waals surface area (Å²) in [6, 6.07) is 21.5. The van der Waals surface area contributed by atoms with E-state index in [2.05, 4.69) is 71.3 Å². The summed E-state index contributed by atoms with van der Waals surface area (Å²) in [6.07, 6.45) is 8.65. The molecule has 6 rings (SSSR count). The second kappa shape index (κ2) is 6.33. The zero-order valence-corrected chi connectivity index (χ0v) is 15.6. The van der Waals surface area contributed by atoms with Crippen LogP contribution in [0.2, 0.25) is 0 Å². The van der Waals surface area contributed by atoms with Crippen molar-refractivity contribution in [3.63, 3.8) is 0 Å². The molecule has 4 bridgehead atoms. The van der Waals surface area contributed by atoms with Gasteiger partial charge in [0, 0.05) is 24.5 Å². The van der Waals surface area contributed by atoms with Crippen molar-refractivity contribution < 1.29 is 0 Å². The first-order chi connectivity index (χ1) is 12.7. The molecule has 4 aliphatic carbocycles. The third kappa shape index (κ3) is 3.11. The molecule has 136 valence electrons. The van der Waals surface area contributed by atoms with Crippen LogP contribution in [0, 0.1) is 22.7 Å². The van der Waals surface area contributed by atoms with E-state index in [9.17, 15) is 0 Å². The van der Waals surface area contributed by atoms with Crippen LogP contribution in [0.1, 0.15) is 38.5 Å². The van der Waals surface area contributed by atoms with Crippen LogP contribution in [0.25, 0.3) is 0 Å². The van der Waals surface area contributed by atoms with Crippen LogP contribution < -0.4 is 10.6 Å². The van der Waals surface area contributed by atoms with Gasteiger partial charge in [-0.1, -0.05) is 36.4 Å². The molecule has 2 nitrogen and oxygen atoms in total. The Hall–Kier alpha value is -1.96. The Balaban J connectivity index is 1.31. The minimum absolute atomic E-state index is 0.512. The topological polar surface area (TPSA) is 24.1 Å². The fraction of sp³-hybridized carbons (Fsp3) is 0.500. The number of anilines is 2. The fourth-order valence-electron chi connectivity index (χ4n) is 6.75. The first-order valence-corrected chi connectivity index (χ1v) is 10.3. The summed E-state index contributed by atoms with van der Waals surface area (Å²) in [7, 11) is 0. The highest BCUT2D eigenvalue weighted by molar-refractivity contribution is 5.44. The maximum absolute atomic E-state index is 3.77. The molecule has 0 atom stereocenters. The quantitative estimate of drug-likeness (QED) is 0.691. The third-order valence-corrected chi connectivity index (χ3v) is 7.19. The molecule has 2 aromatic rings. The van der Waals surface area contributed by atoms with Gasteiger partial charge in [-0.15, -0.1) is 0 Å². The highest BCUT2D eigenvalue weighted by Gasteiger charge is 2.57. The van der Waals surface area contributed by atoms with Crippen molar-refractivity contribution >= 4 is 11.4 Å². The number of hydrogen-bond acceptors (Lipinski definition) is 2. The molecule has 4 saturated carbocycles. The minimum Gasteiger partial charge on any atom is -0.384 e. The zero-order chi connectivity index (χ0) is 17.5. The number of nitrogens with one attached hydrogen (secondary N) is 2. The lowest BCUT2D eigenvalue weighted by Gasteiger charge is -2.62. The summed E-state index contributed by atoms with van der Waals surface area (Å²) in [6.45, 7) is 2.30. The third-order valence-electron chi connectivity index (χ3n) is 7.19. The largest absolute Gasteiger partial charge is 0.384 e. The van der Waals surface area contributed by atoms with Gasteiger partial charge in [0.1, 0.15) is 0 Å². The van der Waals surface area contributed by atoms with Crippen LogP contribution in [0.15, 0.2) is 60.7 Å². The molecule has 2 aromatic carbocycles. The van der Waals surface area contributed by atoms with E-state index in [0.717, 1.165) is 24.9 Å². The van der Waals surface area contributed by atoms with E-state index < -0.39 is 0 Å². The highest BCUT2D eigenvalue weighted by Crippen LogP contribution is 2.65. The molecule has 0 aliphatic heterocycles. The number of hydrogen-bond donors (Lipinski definition) is 2. The summed E-state index contributed by atoms with van der Waals surface area (Å²) in [5.41, 5.74) is 3.58. The predicted octanol–water partition coefficient (Wildman–Crippen LogP) is 5.80. The Morgan fingerprint density at radius 2 is 1.08 bits per heavy atom. The molecule has 0 amide bonds. The monoisotopic (exact) mass is 346 g/mol. The predicted molar refractivity (Wildman–Crippen MR) is 109 cm³/mol. The normalized spacial score (nSPS) is 34.6. The van der Waals surface area contributed by atoms with Gasteiger partial charge >= 0.3 is 0 Å². The van der Waals surface area contributed by atoms with Crippen LogP contribution in [-0.2, 0) is 0 Å². The van der Waals surface area contributed by atoms with E-state index in [0.29, 0.717) is 10.8 Å². The van der Waals surface area contributed by atoms with Gasteiger partial charge in [-0.3, -0.25) is 0 Å². The molecule has 2 N–H and O–H groups in total. The van der Waals surface area contributed by atoms with E-state index in [4.69, 9.17) is 0 Å². The maximum atomic E-state index is 3.77. The van der Waals surface area contributed by atoms with Crippen LogP contribution in [0.3, 0.4) is 0 Å². The van der Waals surface area contributed by atoms with Crippen LogP contribution in [0.4, 0.5) is 11.4 Å². The Morgan fingerprint density at radius 3 is 1.50 bits per heavy atom. The number of para-hydroxylation sites is 2. The van der Waals surface area contributed by atoms with Crippen molar-refractivity contribution in [3.05, 3.63) is 60.7 Å². The molecule has 0 spiro atoms. The van der Waals surface area contributed by atoms with Gasteiger partial charge < -0.3 is 10.6 Å². The molecule has 26 heavy (non-hydrogen) atoms. The van der Waals surface area contributed by atoms with Gasteiger partial charge in [0.15, 0.2) is 0 Å². The standard InChI is InChI=1S/C24H30N2/c1-3-7-21(8-4-1)25-17-23-12-19-11-20(13-23)15-24(14-19,16-23)18-26-22-9-5-2-6-10-22/h1-10,19-20,25-26H,11-18H2. The van der Waals surface area contributed by atoms with E-state index in [-0.39, 0.29) is 0 Å². The van der Waals surface area contributed by atoms with Crippen molar-refractivity contribution in [3.8, 4) is 0 Å². The molecule has 2 heteroatoms. The minimum atomic E-state index is 0.512. The van der Waals surface area contributed by atoms with Crippen molar-refractivity contribution in [1.29, 1.82) is 0 Å². The molecule has 0 unspecified atom stereocenters. The summed E-state index contributed by atoms with van der Waals surface area (Å²) < 4.78 is 0. The molecule has 0 radical (unpaired) electrons. The average Bonchev–Trinajstić information content (AvgIpc) is 2.66. The fourth-order valence-corrected chi connectivity index (χ4v) is 6.75. The van der Waals surface area contributed by atoms with Gasteiger partial charge in [-0.25, -0.2) is 0 Å². The highest BCUT2D eigenvalue weighted by atomic mass is 14.9. The van der Waals surface area contributed by atoms with Crippen molar-refractivity contribution in [2.75, 3.05) is 23.7 Å². The van der Waals surface area contributed by atoms with Crippen LogP contribution in [-0.4, -0.2) is 13.1 Å². The second-order valence-corrected chi connectivity index (χ2v) is 9.40. The second-order valence-electron chi connectivity index (χ2n) is 9.40. The zero-order valence-electron chi connectivity index (χ0n) is 15.6. The number of benzene rings is 2. The smallest absolute Gasteiger partial charge is 0.0340 e. The molecule has 0 heterocycles. The van der Waals surface area contributed by atoms with Crippen molar-refractivity contribution in [2.45, 2.75) is 38.5 Å². The molecule has 4 aliphatic rings. The summed E-state index contributed by atoms with van der Waals surface area (Å²) in [5, 5.41) is 7.54. The average molecular weight is 347 g/mol. The van der Waals surface area contributed by atoms with Crippen LogP contribution in [0.5, 0.6) is 0 Å². The molecular weight excluding hydrogens is 316 g/mol. The first kappa shape index (κ1) is 16.2. The van der Waals surface area contributed by atoms with Gasteiger partial charge in [0.25, 0.3) is 0 Å². The molecule has 0 saturated heterocycles. The Labute approximate surface area is 157 Å². The van der Waals surface area contributed by atoms with Gasteiger partial charge in [0.2, 0.25) is 0 Å². The lowest BCUT2D eigenvalue weighted by atomic mass is 9.44. The van der Waals surface area contributed by atoms with Crippen molar-refractivity contribution in [1.82, 2.24) is 0 Å². The molecule has 4 fully saturated rings. The van der Waals surface area contributed by atoms with E-state index in [1.165, 1.54) is 49.9 Å². The van der Waals surface area contributed by atoms with Gasteiger partial charge in [-0.05, 0) is 85.5 Å². The Morgan fingerprint density at radius 1 is 0.654 bits per heavy atom. The van der Waals surface area contributed by atoms with Gasteiger partial charge in [0.05, 0.1) is 0 Å². The number of rotatable bonds is 6.